The number of amides is 1. The van der Waals surface area contributed by atoms with Gasteiger partial charge in [0, 0.05) is 20.4 Å². The number of ether oxygens (including phenoxy) is 3. The number of hydrazine groups is 1. The van der Waals surface area contributed by atoms with Crippen molar-refractivity contribution in [3.63, 3.8) is 0 Å². The number of methoxy groups -OCH3 is 2. The van der Waals surface area contributed by atoms with Crippen LogP contribution >= 0.6 is 0 Å². The van der Waals surface area contributed by atoms with Crippen LogP contribution in [0.25, 0.3) is 0 Å². The molecule has 7 heteroatoms. The number of rotatable bonds is 6. The molecule has 1 amide bonds. The second kappa shape index (κ2) is 8.16. The summed E-state index contributed by atoms with van der Waals surface area (Å²) >= 11 is 0. The van der Waals surface area contributed by atoms with E-state index in [4.69, 9.17) is 14.2 Å². The van der Waals surface area contributed by atoms with Crippen molar-refractivity contribution in [1.82, 2.24) is 10.4 Å². The van der Waals surface area contributed by atoms with Gasteiger partial charge < -0.3 is 14.2 Å². The van der Waals surface area contributed by atoms with Crippen LogP contribution in [0.5, 0.6) is 0 Å². The molecule has 2 rings (SSSR count). The molecule has 1 aromatic carbocycles. The standard InChI is InChI=1S/C15H19N3O4/c1-20-14(21-2)13-8-9-18(11-16-13)17-15(19)22-10-12-6-4-3-5-7-12/h3-9,14H,10-11H2,1-2H3,(H,17,19). The molecule has 1 aliphatic rings. The predicted octanol–water partition coefficient (Wildman–Crippen LogP) is 1.67. The van der Waals surface area contributed by atoms with E-state index < -0.39 is 12.4 Å². The van der Waals surface area contributed by atoms with Gasteiger partial charge in [0.2, 0.25) is 0 Å². The molecule has 0 radical (unpaired) electrons. The molecule has 118 valence electrons. The summed E-state index contributed by atoms with van der Waals surface area (Å²) in [4.78, 5) is 16.0. The van der Waals surface area contributed by atoms with Crippen LogP contribution in [-0.2, 0) is 20.8 Å². The van der Waals surface area contributed by atoms with Gasteiger partial charge in [-0.1, -0.05) is 30.3 Å². The van der Waals surface area contributed by atoms with Gasteiger partial charge in [-0.05, 0) is 11.6 Å². The number of benzene rings is 1. The fourth-order valence-corrected chi connectivity index (χ4v) is 1.86. The first-order valence-electron chi connectivity index (χ1n) is 6.75. The van der Waals surface area contributed by atoms with E-state index in [9.17, 15) is 4.79 Å². The molecule has 22 heavy (non-hydrogen) atoms. The van der Waals surface area contributed by atoms with E-state index in [1.165, 1.54) is 19.2 Å². The average Bonchev–Trinajstić information content (AvgIpc) is 2.56. The van der Waals surface area contributed by atoms with E-state index >= 15 is 0 Å². The number of carbonyl (C=O) groups is 1. The van der Waals surface area contributed by atoms with Gasteiger partial charge in [0.15, 0.2) is 6.29 Å². The molecule has 0 aromatic heterocycles. The maximum absolute atomic E-state index is 11.7. The van der Waals surface area contributed by atoms with Crippen molar-refractivity contribution in [1.29, 1.82) is 0 Å². The van der Waals surface area contributed by atoms with Crippen molar-refractivity contribution in [2.45, 2.75) is 12.9 Å². The van der Waals surface area contributed by atoms with E-state index in [-0.39, 0.29) is 13.3 Å². The van der Waals surface area contributed by atoms with E-state index in [1.54, 1.807) is 12.3 Å². The van der Waals surface area contributed by atoms with Gasteiger partial charge in [0.05, 0.1) is 5.71 Å². The summed E-state index contributed by atoms with van der Waals surface area (Å²) in [6, 6.07) is 9.47. The molecule has 0 saturated carbocycles. The van der Waals surface area contributed by atoms with Gasteiger partial charge in [-0.15, -0.1) is 0 Å². The Hall–Kier alpha value is -2.38. The molecule has 0 spiro atoms. The topological polar surface area (TPSA) is 72.4 Å². The second-order valence-corrected chi connectivity index (χ2v) is 4.49. The van der Waals surface area contributed by atoms with Crippen LogP contribution in [0.4, 0.5) is 4.79 Å². The van der Waals surface area contributed by atoms with E-state index in [1.807, 2.05) is 30.3 Å². The molecule has 1 aromatic rings. The molecular formula is C15H19N3O4. The molecule has 0 bridgehead atoms. The third-order valence-electron chi connectivity index (χ3n) is 2.95. The zero-order valence-electron chi connectivity index (χ0n) is 12.6. The van der Waals surface area contributed by atoms with Gasteiger partial charge >= 0.3 is 6.09 Å². The monoisotopic (exact) mass is 305 g/mol. The Balaban J connectivity index is 1.76. The quantitative estimate of drug-likeness (QED) is 0.810. The van der Waals surface area contributed by atoms with Gasteiger partial charge in [0.1, 0.15) is 13.3 Å². The lowest BCUT2D eigenvalue weighted by Gasteiger charge is -2.24. The molecule has 0 aliphatic carbocycles. The highest BCUT2D eigenvalue weighted by Crippen LogP contribution is 2.05. The Morgan fingerprint density at radius 3 is 2.64 bits per heavy atom. The predicted molar refractivity (Wildman–Crippen MR) is 80.8 cm³/mol. The SMILES string of the molecule is COC(OC)C1=NCN(NC(=O)OCc2ccccc2)C=C1. The second-order valence-electron chi connectivity index (χ2n) is 4.49. The van der Waals surface area contributed by atoms with Crippen molar-refractivity contribution in [3.05, 3.63) is 48.2 Å². The molecule has 1 heterocycles. The van der Waals surface area contributed by atoms with E-state index in [2.05, 4.69) is 10.4 Å². The number of carbonyl (C=O) groups excluding carboxylic acids is 1. The Kier molecular flexibility index (Phi) is 5.93. The minimum Gasteiger partial charge on any atom is -0.443 e. The number of hydrogen-bond acceptors (Lipinski definition) is 6. The smallest absolute Gasteiger partial charge is 0.426 e. The third kappa shape index (κ3) is 4.57. The van der Waals surface area contributed by atoms with Gasteiger partial charge in [-0.3, -0.25) is 10.0 Å². The summed E-state index contributed by atoms with van der Waals surface area (Å²) in [7, 11) is 3.08. The fourth-order valence-electron chi connectivity index (χ4n) is 1.86. The zero-order chi connectivity index (χ0) is 15.8. The lowest BCUT2D eigenvalue weighted by Crippen LogP contribution is -2.41. The number of nitrogens with one attached hydrogen (secondary N) is 1. The van der Waals surface area contributed by atoms with Crippen molar-refractivity contribution in [2.24, 2.45) is 4.99 Å². The normalized spacial score (nSPS) is 14.0. The molecule has 0 atom stereocenters. The Morgan fingerprint density at radius 2 is 2.05 bits per heavy atom. The molecule has 0 saturated heterocycles. The Labute approximate surface area is 129 Å². The maximum Gasteiger partial charge on any atom is 0.426 e. The van der Waals surface area contributed by atoms with Crippen molar-refractivity contribution >= 4 is 11.8 Å². The summed E-state index contributed by atoms with van der Waals surface area (Å²) in [5, 5.41) is 1.51. The average molecular weight is 305 g/mol. The third-order valence-corrected chi connectivity index (χ3v) is 2.95. The van der Waals surface area contributed by atoms with Crippen LogP contribution in [0.15, 0.2) is 47.6 Å². The van der Waals surface area contributed by atoms with Crippen LogP contribution in [0, 0.1) is 0 Å². The van der Waals surface area contributed by atoms with Crippen molar-refractivity contribution < 1.29 is 19.0 Å². The molecule has 1 aliphatic heterocycles. The van der Waals surface area contributed by atoms with E-state index in [0.717, 1.165) is 5.56 Å². The summed E-state index contributed by atoms with van der Waals surface area (Å²) < 4.78 is 15.3. The first kappa shape index (κ1) is 16.0. The molecule has 0 fully saturated rings. The van der Waals surface area contributed by atoms with Crippen LogP contribution in [-0.4, -0.2) is 44.0 Å². The van der Waals surface area contributed by atoms with Crippen LogP contribution in [0.2, 0.25) is 0 Å². The van der Waals surface area contributed by atoms with Crippen LogP contribution in [0.1, 0.15) is 5.56 Å². The Morgan fingerprint density at radius 1 is 1.32 bits per heavy atom. The maximum atomic E-state index is 11.7. The lowest BCUT2D eigenvalue weighted by molar-refractivity contribution is -0.0517. The van der Waals surface area contributed by atoms with Gasteiger partial charge in [-0.25, -0.2) is 10.2 Å². The zero-order valence-corrected chi connectivity index (χ0v) is 12.6. The van der Waals surface area contributed by atoms with Crippen LogP contribution < -0.4 is 5.43 Å². The minimum atomic E-state index is -0.540. The lowest BCUT2D eigenvalue weighted by atomic mass is 10.2. The van der Waals surface area contributed by atoms with Crippen LogP contribution in [0.3, 0.4) is 0 Å². The highest BCUT2D eigenvalue weighted by molar-refractivity contribution is 5.98. The minimum absolute atomic E-state index is 0.216. The first-order chi connectivity index (χ1) is 10.7. The summed E-state index contributed by atoms with van der Waals surface area (Å²) in [5.74, 6) is 0. The van der Waals surface area contributed by atoms with E-state index in [0.29, 0.717) is 5.71 Å². The first-order valence-corrected chi connectivity index (χ1v) is 6.75. The molecule has 7 nitrogen and oxygen atoms in total. The molecule has 0 unspecified atom stereocenters. The Bertz CT molecular complexity index is 541. The van der Waals surface area contributed by atoms with Crippen molar-refractivity contribution in [3.8, 4) is 0 Å². The van der Waals surface area contributed by atoms with Gasteiger partial charge in [-0.2, -0.15) is 0 Å². The molecule has 1 N–H and O–H groups in total. The number of nitrogens with zero attached hydrogens (tertiary/aromatic N) is 2. The summed E-state index contributed by atoms with van der Waals surface area (Å²) in [5.41, 5.74) is 4.16. The summed E-state index contributed by atoms with van der Waals surface area (Å²) in [6.45, 7) is 0.476. The summed E-state index contributed by atoms with van der Waals surface area (Å²) in [6.07, 6.45) is 2.33. The number of aliphatic imine (C=N–C) groups is 1. The highest BCUT2D eigenvalue weighted by Gasteiger charge is 2.16. The largest absolute Gasteiger partial charge is 0.443 e. The van der Waals surface area contributed by atoms with Crippen molar-refractivity contribution in [2.75, 3.05) is 20.9 Å². The van der Waals surface area contributed by atoms with Gasteiger partial charge in [0.25, 0.3) is 0 Å². The highest BCUT2D eigenvalue weighted by atomic mass is 16.7. The molecular weight excluding hydrogens is 286 g/mol. The fraction of sp³-hybridized carbons (Fsp3) is 0.333. The number of hydrogen-bond donors (Lipinski definition) is 1.